The first-order valence-electron chi connectivity index (χ1n) is 5.88. The predicted octanol–water partition coefficient (Wildman–Crippen LogP) is 2.84. The van der Waals surface area contributed by atoms with E-state index >= 15 is 0 Å². The van der Waals surface area contributed by atoms with Crippen LogP contribution in [-0.4, -0.2) is 25.8 Å². The van der Waals surface area contributed by atoms with Gasteiger partial charge in [0.15, 0.2) is 0 Å². The molecule has 3 nitrogen and oxygen atoms in total. The van der Waals surface area contributed by atoms with Crippen LogP contribution < -0.4 is 0 Å². The average molecular weight is 246 g/mol. The highest BCUT2D eigenvalue weighted by atomic mass is 16.5. The molecule has 0 atom stereocenters. The molecule has 1 rings (SSSR count). The number of rotatable bonds is 7. The zero-order valence-electron chi connectivity index (χ0n) is 10.6. The van der Waals surface area contributed by atoms with Crippen molar-refractivity contribution in [3.63, 3.8) is 0 Å². The van der Waals surface area contributed by atoms with Gasteiger partial charge in [0.05, 0.1) is 25.4 Å². The van der Waals surface area contributed by atoms with Crippen molar-refractivity contribution >= 4 is 12.0 Å². The SMILES string of the molecule is C=C(COCC=Cc1ccccc1)C(=O)OCC. The number of hydrogen-bond donors (Lipinski definition) is 0. The number of hydrogen-bond acceptors (Lipinski definition) is 3. The van der Waals surface area contributed by atoms with E-state index in [0.29, 0.717) is 18.8 Å². The largest absolute Gasteiger partial charge is 0.463 e. The minimum Gasteiger partial charge on any atom is -0.463 e. The van der Waals surface area contributed by atoms with E-state index in [1.54, 1.807) is 6.92 Å². The van der Waals surface area contributed by atoms with Gasteiger partial charge in [0.25, 0.3) is 0 Å². The van der Waals surface area contributed by atoms with Gasteiger partial charge in [-0.1, -0.05) is 49.1 Å². The Kier molecular flexibility index (Phi) is 6.51. The fourth-order valence-electron chi connectivity index (χ4n) is 1.29. The van der Waals surface area contributed by atoms with Gasteiger partial charge < -0.3 is 9.47 Å². The first kappa shape index (κ1) is 14.2. The maximum atomic E-state index is 11.2. The van der Waals surface area contributed by atoms with E-state index in [9.17, 15) is 4.79 Å². The molecule has 0 bridgehead atoms. The smallest absolute Gasteiger partial charge is 0.335 e. The second-order valence-corrected chi connectivity index (χ2v) is 3.65. The molecule has 1 aromatic rings. The Morgan fingerprint density at radius 2 is 2.06 bits per heavy atom. The normalized spacial score (nSPS) is 10.5. The first-order valence-corrected chi connectivity index (χ1v) is 5.88. The third kappa shape index (κ3) is 5.46. The minimum atomic E-state index is -0.399. The van der Waals surface area contributed by atoms with Crippen molar-refractivity contribution in [3.8, 4) is 0 Å². The highest BCUT2D eigenvalue weighted by Gasteiger charge is 2.06. The van der Waals surface area contributed by atoms with Crippen molar-refractivity contribution in [1.82, 2.24) is 0 Å². The Labute approximate surface area is 108 Å². The zero-order chi connectivity index (χ0) is 13.2. The predicted molar refractivity (Wildman–Crippen MR) is 72.1 cm³/mol. The van der Waals surface area contributed by atoms with Crippen LogP contribution in [0.4, 0.5) is 0 Å². The van der Waals surface area contributed by atoms with Crippen LogP contribution in [0.15, 0.2) is 48.6 Å². The van der Waals surface area contributed by atoms with Gasteiger partial charge in [-0.3, -0.25) is 0 Å². The molecule has 0 unspecified atom stereocenters. The maximum Gasteiger partial charge on any atom is 0.335 e. The van der Waals surface area contributed by atoms with Crippen molar-refractivity contribution in [1.29, 1.82) is 0 Å². The topological polar surface area (TPSA) is 35.5 Å². The molecule has 0 aliphatic rings. The van der Waals surface area contributed by atoms with Crippen LogP contribution in [0.25, 0.3) is 6.08 Å². The second kappa shape index (κ2) is 8.25. The fourth-order valence-corrected chi connectivity index (χ4v) is 1.29. The molecule has 0 amide bonds. The van der Waals surface area contributed by atoms with Crippen LogP contribution in [0, 0.1) is 0 Å². The molecule has 96 valence electrons. The molecule has 3 heteroatoms. The molecular formula is C15H18O3. The highest BCUT2D eigenvalue weighted by Crippen LogP contribution is 2.01. The lowest BCUT2D eigenvalue weighted by atomic mass is 10.2. The van der Waals surface area contributed by atoms with E-state index in [1.165, 1.54) is 0 Å². The van der Waals surface area contributed by atoms with Gasteiger partial charge in [0.1, 0.15) is 0 Å². The fraction of sp³-hybridized carbons (Fsp3) is 0.267. The molecule has 0 saturated carbocycles. The molecule has 0 aromatic heterocycles. The molecular weight excluding hydrogens is 228 g/mol. The molecule has 0 aliphatic heterocycles. The Hall–Kier alpha value is -1.87. The van der Waals surface area contributed by atoms with E-state index in [1.807, 2.05) is 42.5 Å². The van der Waals surface area contributed by atoms with Crippen molar-refractivity contribution in [2.45, 2.75) is 6.92 Å². The maximum absolute atomic E-state index is 11.2. The number of esters is 1. The van der Waals surface area contributed by atoms with Crippen LogP contribution in [-0.2, 0) is 14.3 Å². The Morgan fingerprint density at radius 3 is 2.72 bits per heavy atom. The molecule has 0 saturated heterocycles. The Bertz CT molecular complexity index is 407. The minimum absolute atomic E-state index is 0.192. The summed E-state index contributed by atoms with van der Waals surface area (Å²) in [4.78, 5) is 11.2. The Morgan fingerprint density at radius 1 is 1.33 bits per heavy atom. The number of carbonyl (C=O) groups is 1. The van der Waals surface area contributed by atoms with E-state index < -0.39 is 5.97 Å². The second-order valence-electron chi connectivity index (χ2n) is 3.65. The van der Waals surface area contributed by atoms with Crippen LogP contribution in [0.2, 0.25) is 0 Å². The van der Waals surface area contributed by atoms with Crippen molar-refractivity contribution in [2.75, 3.05) is 19.8 Å². The summed E-state index contributed by atoms with van der Waals surface area (Å²) in [5.74, 6) is -0.399. The number of ether oxygens (including phenoxy) is 2. The lowest BCUT2D eigenvalue weighted by Gasteiger charge is -2.04. The van der Waals surface area contributed by atoms with Crippen molar-refractivity contribution in [3.05, 3.63) is 54.1 Å². The number of carbonyl (C=O) groups excluding carboxylic acids is 1. The molecule has 0 spiro atoms. The first-order chi connectivity index (χ1) is 8.74. The molecule has 0 heterocycles. The lowest BCUT2D eigenvalue weighted by molar-refractivity contribution is -0.139. The standard InChI is InChI=1S/C15H18O3/c1-3-18-15(16)13(2)12-17-11-7-10-14-8-5-4-6-9-14/h4-10H,2-3,11-12H2,1H3. The summed E-state index contributed by atoms with van der Waals surface area (Å²) in [5, 5.41) is 0. The van der Waals surface area contributed by atoms with E-state index in [0.717, 1.165) is 5.56 Å². The van der Waals surface area contributed by atoms with E-state index in [2.05, 4.69) is 6.58 Å². The van der Waals surface area contributed by atoms with Crippen LogP contribution in [0.5, 0.6) is 0 Å². The summed E-state index contributed by atoms with van der Waals surface area (Å²) >= 11 is 0. The van der Waals surface area contributed by atoms with Gasteiger partial charge in [0, 0.05) is 0 Å². The van der Waals surface area contributed by atoms with Crippen molar-refractivity contribution < 1.29 is 14.3 Å². The third-order valence-corrected chi connectivity index (χ3v) is 2.16. The van der Waals surface area contributed by atoms with Gasteiger partial charge >= 0.3 is 5.97 Å². The average Bonchev–Trinajstić information content (AvgIpc) is 2.39. The molecule has 0 N–H and O–H groups in total. The van der Waals surface area contributed by atoms with Gasteiger partial charge in [-0.15, -0.1) is 0 Å². The number of benzene rings is 1. The van der Waals surface area contributed by atoms with E-state index in [4.69, 9.17) is 9.47 Å². The quantitative estimate of drug-likeness (QED) is 0.421. The summed E-state index contributed by atoms with van der Waals surface area (Å²) in [6, 6.07) is 9.94. The van der Waals surface area contributed by atoms with Crippen LogP contribution >= 0.6 is 0 Å². The van der Waals surface area contributed by atoms with Gasteiger partial charge in [-0.2, -0.15) is 0 Å². The van der Waals surface area contributed by atoms with Crippen LogP contribution in [0.1, 0.15) is 12.5 Å². The van der Waals surface area contributed by atoms with Crippen LogP contribution in [0.3, 0.4) is 0 Å². The summed E-state index contributed by atoms with van der Waals surface area (Å²) in [7, 11) is 0. The lowest BCUT2D eigenvalue weighted by Crippen LogP contribution is -2.11. The summed E-state index contributed by atoms with van der Waals surface area (Å²) in [6.07, 6.45) is 3.86. The molecule has 0 fully saturated rings. The highest BCUT2D eigenvalue weighted by molar-refractivity contribution is 5.87. The summed E-state index contributed by atoms with van der Waals surface area (Å²) < 4.78 is 10.1. The molecule has 1 aromatic carbocycles. The van der Waals surface area contributed by atoms with Gasteiger partial charge in [-0.05, 0) is 12.5 Å². The summed E-state index contributed by atoms with van der Waals surface area (Å²) in [5.41, 5.74) is 1.45. The van der Waals surface area contributed by atoms with Gasteiger partial charge in [0.2, 0.25) is 0 Å². The molecule has 0 aliphatic carbocycles. The molecule has 18 heavy (non-hydrogen) atoms. The summed E-state index contributed by atoms with van der Waals surface area (Å²) in [6.45, 7) is 6.35. The zero-order valence-corrected chi connectivity index (χ0v) is 10.6. The van der Waals surface area contributed by atoms with Crippen molar-refractivity contribution in [2.24, 2.45) is 0 Å². The Balaban J connectivity index is 2.21. The monoisotopic (exact) mass is 246 g/mol. The van der Waals surface area contributed by atoms with Gasteiger partial charge in [-0.25, -0.2) is 4.79 Å². The molecule has 0 radical (unpaired) electrons. The third-order valence-electron chi connectivity index (χ3n) is 2.16. The van der Waals surface area contributed by atoms with E-state index in [-0.39, 0.29) is 6.61 Å².